The minimum Gasteiger partial charge on any atom is -0.394 e. The van der Waals surface area contributed by atoms with Crippen LogP contribution < -0.4 is 0 Å². The van der Waals surface area contributed by atoms with Crippen molar-refractivity contribution in [2.45, 2.75) is 45.6 Å². The first-order valence-electron chi connectivity index (χ1n) is 6.84. The molecule has 1 aliphatic heterocycles. The van der Waals surface area contributed by atoms with E-state index in [1.807, 2.05) is 0 Å². The summed E-state index contributed by atoms with van der Waals surface area (Å²) < 4.78 is 28.7. The zero-order chi connectivity index (χ0) is 15.1. The highest BCUT2D eigenvalue weighted by atomic mass is 32.2. The molecule has 114 valence electrons. The number of sulfonamides is 1. The van der Waals surface area contributed by atoms with E-state index < -0.39 is 10.0 Å². The second-order valence-electron chi connectivity index (χ2n) is 6.20. The van der Waals surface area contributed by atoms with Gasteiger partial charge >= 0.3 is 0 Å². The SMILES string of the molecule is Cc1nn(CCO)c(C)c1S(=O)(=O)N1CCC(C)(C)C1. The third-order valence-corrected chi connectivity index (χ3v) is 5.97. The van der Waals surface area contributed by atoms with Crippen molar-refractivity contribution in [3.63, 3.8) is 0 Å². The van der Waals surface area contributed by atoms with E-state index in [1.165, 1.54) is 0 Å². The van der Waals surface area contributed by atoms with Crippen molar-refractivity contribution in [2.75, 3.05) is 19.7 Å². The molecular weight excluding hydrogens is 278 g/mol. The van der Waals surface area contributed by atoms with Crippen LogP contribution in [0.25, 0.3) is 0 Å². The first-order chi connectivity index (χ1) is 9.19. The second kappa shape index (κ2) is 5.13. The Bertz CT molecular complexity index is 605. The molecule has 7 heteroatoms. The number of aliphatic hydroxyl groups is 1. The van der Waals surface area contributed by atoms with Gasteiger partial charge in [0.05, 0.1) is 24.5 Å². The lowest BCUT2D eigenvalue weighted by Gasteiger charge is -2.19. The maximum Gasteiger partial charge on any atom is 0.246 e. The average Bonchev–Trinajstić information content (AvgIpc) is 2.81. The van der Waals surface area contributed by atoms with Gasteiger partial charge in [0.15, 0.2) is 0 Å². The van der Waals surface area contributed by atoms with Gasteiger partial charge in [0.25, 0.3) is 0 Å². The quantitative estimate of drug-likeness (QED) is 0.897. The number of aliphatic hydroxyl groups excluding tert-OH is 1. The molecule has 20 heavy (non-hydrogen) atoms. The molecule has 0 amide bonds. The van der Waals surface area contributed by atoms with E-state index in [9.17, 15) is 8.42 Å². The van der Waals surface area contributed by atoms with Crippen LogP contribution in [0.15, 0.2) is 4.90 Å². The van der Waals surface area contributed by atoms with E-state index >= 15 is 0 Å². The lowest BCUT2D eigenvalue weighted by Crippen LogP contribution is -2.31. The summed E-state index contributed by atoms with van der Waals surface area (Å²) >= 11 is 0. The molecule has 0 aliphatic carbocycles. The topological polar surface area (TPSA) is 75.4 Å². The molecular formula is C13H23N3O3S. The largest absolute Gasteiger partial charge is 0.394 e. The van der Waals surface area contributed by atoms with Crippen molar-refractivity contribution < 1.29 is 13.5 Å². The lowest BCUT2D eigenvalue weighted by atomic mass is 9.93. The van der Waals surface area contributed by atoms with Crippen molar-refractivity contribution >= 4 is 10.0 Å². The standard InChI is InChI=1S/C13H23N3O3S/c1-10-12(11(2)16(14-10)7-8-17)20(18,19)15-6-5-13(3,4)9-15/h17H,5-9H2,1-4H3. The van der Waals surface area contributed by atoms with Gasteiger partial charge in [-0.15, -0.1) is 0 Å². The van der Waals surface area contributed by atoms with Gasteiger partial charge in [0.2, 0.25) is 10.0 Å². The third-order valence-electron chi connectivity index (χ3n) is 3.87. The third kappa shape index (κ3) is 2.62. The van der Waals surface area contributed by atoms with E-state index in [0.29, 0.717) is 35.9 Å². The molecule has 0 saturated carbocycles. The van der Waals surface area contributed by atoms with E-state index in [-0.39, 0.29) is 12.0 Å². The Hall–Kier alpha value is -0.920. The van der Waals surface area contributed by atoms with Gasteiger partial charge < -0.3 is 5.11 Å². The van der Waals surface area contributed by atoms with Gasteiger partial charge in [0, 0.05) is 13.1 Å². The summed E-state index contributed by atoms with van der Waals surface area (Å²) in [6.07, 6.45) is 0.870. The Labute approximate surface area is 120 Å². The molecule has 0 spiro atoms. The summed E-state index contributed by atoms with van der Waals surface area (Å²) in [6.45, 7) is 8.96. The second-order valence-corrected chi connectivity index (χ2v) is 8.07. The van der Waals surface area contributed by atoms with E-state index in [2.05, 4.69) is 18.9 Å². The zero-order valence-corrected chi connectivity index (χ0v) is 13.4. The molecule has 1 fully saturated rings. The molecule has 1 aromatic heterocycles. The number of hydrogen-bond acceptors (Lipinski definition) is 4. The van der Waals surface area contributed by atoms with Crippen LogP contribution in [0.2, 0.25) is 0 Å². The van der Waals surface area contributed by atoms with E-state index in [4.69, 9.17) is 5.11 Å². The minimum absolute atomic E-state index is 0.0238. The molecule has 1 aliphatic rings. The lowest BCUT2D eigenvalue weighted by molar-refractivity contribution is 0.267. The van der Waals surface area contributed by atoms with E-state index in [1.54, 1.807) is 22.8 Å². The summed E-state index contributed by atoms with van der Waals surface area (Å²) in [4.78, 5) is 0.295. The van der Waals surface area contributed by atoms with Crippen molar-refractivity contribution in [1.82, 2.24) is 14.1 Å². The van der Waals surface area contributed by atoms with Crippen LogP contribution in [0.1, 0.15) is 31.7 Å². The molecule has 0 aromatic carbocycles. The number of nitrogens with zero attached hydrogens (tertiary/aromatic N) is 3. The summed E-state index contributed by atoms with van der Waals surface area (Å²) in [6, 6.07) is 0. The monoisotopic (exact) mass is 301 g/mol. The van der Waals surface area contributed by atoms with Crippen LogP contribution in [0.4, 0.5) is 0 Å². The van der Waals surface area contributed by atoms with Crippen molar-refractivity contribution in [3.8, 4) is 0 Å². The van der Waals surface area contributed by atoms with E-state index in [0.717, 1.165) is 6.42 Å². The fraction of sp³-hybridized carbons (Fsp3) is 0.769. The summed E-state index contributed by atoms with van der Waals surface area (Å²) in [5.41, 5.74) is 1.12. The Balaban J connectivity index is 2.40. The fourth-order valence-corrected chi connectivity index (χ4v) is 4.77. The Morgan fingerprint density at radius 1 is 1.35 bits per heavy atom. The summed E-state index contributed by atoms with van der Waals surface area (Å²) in [7, 11) is -3.50. The molecule has 2 rings (SSSR count). The molecule has 0 unspecified atom stereocenters. The van der Waals surface area contributed by atoms with Gasteiger partial charge in [-0.05, 0) is 25.7 Å². The van der Waals surface area contributed by atoms with Crippen LogP contribution >= 0.6 is 0 Å². The van der Waals surface area contributed by atoms with Crippen LogP contribution in [0.5, 0.6) is 0 Å². The molecule has 1 aromatic rings. The molecule has 1 saturated heterocycles. The Morgan fingerprint density at radius 3 is 2.50 bits per heavy atom. The normalized spacial score (nSPS) is 19.6. The Morgan fingerprint density at radius 2 is 2.00 bits per heavy atom. The summed E-state index contributed by atoms with van der Waals surface area (Å²) in [5.74, 6) is 0. The van der Waals surface area contributed by atoms with Crippen LogP contribution in [0, 0.1) is 19.3 Å². The molecule has 6 nitrogen and oxygen atoms in total. The fourth-order valence-electron chi connectivity index (χ4n) is 2.76. The average molecular weight is 301 g/mol. The molecule has 1 N–H and O–H groups in total. The highest BCUT2D eigenvalue weighted by Gasteiger charge is 2.39. The molecule has 0 radical (unpaired) electrons. The number of hydrogen-bond donors (Lipinski definition) is 1. The van der Waals surface area contributed by atoms with Gasteiger partial charge in [0.1, 0.15) is 4.90 Å². The van der Waals surface area contributed by atoms with Crippen molar-refractivity contribution in [2.24, 2.45) is 5.41 Å². The molecule has 2 heterocycles. The van der Waals surface area contributed by atoms with Gasteiger partial charge in [-0.1, -0.05) is 13.8 Å². The minimum atomic E-state index is -3.50. The van der Waals surface area contributed by atoms with Crippen LogP contribution in [0.3, 0.4) is 0 Å². The van der Waals surface area contributed by atoms with Crippen LogP contribution in [-0.2, 0) is 16.6 Å². The maximum atomic E-state index is 12.8. The first-order valence-corrected chi connectivity index (χ1v) is 8.28. The smallest absolute Gasteiger partial charge is 0.246 e. The highest BCUT2D eigenvalue weighted by Crippen LogP contribution is 2.34. The summed E-state index contributed by atoms with van der Waals surface area (Å²) in [5, 5.41) is 13.2. The maximum absolute atomic E-state index is 12.8. The van der Waals surface area contributed by atoms with Gasteiger partial charge in [-0.2, -0.15) is 9.40 Å². The Kier molecular flexibility index (Phi) is 3.96. The van der Waals surface area contributed by atoms with Gasteiger partial charge in [-0.25, -0.2) is 8.42 Å². The van der Waals surface area contributed by atoms with Crippen LogP contribution in [-0.4, -0.2) is 47.3 Å². The zero-order valence-electron chi connectivity index (χ0n) is 12.5. The molecule has 0 atom stereocenters. The predicted molar refractivity (Wildman–Crippen MR) is 75.9 cm³/mol. The first kappa shape index (κ1) is 15.5. The predicted octanol–water partition coefficient (Wildman–Crippen LogP) is 0.913. The highest BCUT2D eigenvalue weighted by molar-refractivity contribution is 7.89. The number of aromatic nitrogens is 2. The molecule has 0 bridgehead atoms. The number of rotatable bonds is 4. The van der Waals surface area contributed by atoms with Crippen molar-refractivity contribution in [3.05, 3.63) is 11.4 Å². The van der Waals surface area contributed by atoms with Gasteiger partial charge in [-0.3, -0.25) is 4.68 Å². The number of aryl methyl sites for hydroxylation is 1. The van der Waals surface area contributed by atoms with Crippen molar-refractivity contribution in [1.29, 1.82) is 0 Å².